The number of β-amino-alcohol motifs (C(OH)–C–C–N with tert-alkyl or cyclic N) is 1. The SMILES string of the molecule is O=C(Nc1cccnn1)N1CC/C(=C/c2cccc(Oc3ccc(C(F)(F)F)cn3)c2)[C@H](O)C1. The highest BCUT2D eigenvalue weighted by atomic mass is 19.4. The summed E-state index contributed by atoms with van der Waals surface area (Å²) in [7, 11) is 0. The smallest absolute Gasteiger partial charge is 0.417 e. The lowest BCUT2D eigenvalue weighted by molar-refractivity contribution is -0.137. The summed E-state index contributed by atoms with van der Waals surface area (Å²) in [4.78, 5) is 17.6. The molecule has 11 heteroatoms. The lowest BCUT2D eigenvalue weighted by atomic mass is 9.98. The molecule has 1 aromatic carbocycles. The van der Waals surface area contributed by atoms with Crippen LogP contribution in [-0.2, 0) is 6.18 Å². The summed E-state index contributed by atoms with van der Waals surface area (Å²) in [6.45, 7) is 0.518. The van der Waals surface area contributed by atoms with Gasteiger partial charge in [-0.25, -0.2) is 9.78 Å². The van der Waals surface area contributed by atoms with Crippen molar-refractivity contribution in [1.82, 2.24) is 20.1 Å². The van der Waals surface area contributed by atoms with Crippen molar-refractivity contribution in [2.45, 2.75) is 18.7 Å². The third kappa shape index (κ3) is 5.87. The highest BCUT2D eigenvalue weighted by Gasteiger charge is 2.30. The number of carbonyl (C=O) groups is 1. The number of amides is 2. The van der Waals surface area contributed by atoms with Crippen LogP contribution >= 0.6 is 0 Å². The number of rotatable bonds is 4. The molecule has 2 amide bonds. The van der Waals surface area contributed by atoms with Crippen LogP contribution in [0, 0.1) is 0 Å². The normalized spacial score (nSPS) is 17.5. The van der Waals surface area contributed by atoms with E-state index in [-0.39, 0.29) is 18.5 Å². The molecule has 176 valence electrons. The molecule has 0 saturated carbocycles. The molecule has 0 radical (unpaired) electrons. The number of carbonyl (C=O) groups excluding carboxylic acids is 1. The molecule has 34 heavy (non-hydrogen) atoms. The van der Waals surface area contributed by atoms with Gasteiger partial charge in [-0.05, 0) is 47.9 Å². The topological polar surface area (TPSA) is 100 Å². The first-order chi connectivity index (χ1) is 16.3. The molecule has 0 aliphatic carbocycles. The van der Waals surface area contributed by atoms with E-state index >= 15 is 0 Å². The van der Waals surface area contributed by atoms with Crippen molar-refractivity contribution in [1.29, 1.82) is 0 Å². The van der Waals surface area contributed by atoms with Crippen molar-refractivity contribution in [3.05, 3.63) is 77.6 Å². The molecule has 2 N–H and O–H groups in total. The molecule has 1 atom stereocenters. The molecule has 8 nitrogen and oxygen atoms in total. The molecule has 2 aromatic heterocycles. The largest absolute Gasteiger partial charge is 0.439 e. The summed E-state index contributed by atoms with van der Waals surface area (Å²) in [6, 6.07) is 11.8. The molecule has 3 aromatic rings. The van der Waals surface area contributed by atoms with E-state index in [0.29, 0.717) is 30.7 Å². The standard InChI is InChI=1S/C23H20F3N5O3/c24-23(25,26)17-6-7-21(27-13-17)34-18-4-1-3-15(12-18)11-16-8-10-31(14-19(16)32)22(33)29-20-5-2-9-28-30-20/h1-7,9,11-13,19,32H,8,10,14H2,(H,29,30,33)/b16-11-/t19-/m1/s1. The van der Waals surface area contributed by atoms with Gasteiger partial charge in [-0.2, -0.15) is 18.3 Å². The number of likely N-dealkylation sites (tertiary alicyclic amines) is 1. The van der Waals surface area contributed by atoms with Crippen LogP contribution in [0.15, 0.2) is 66.5 Å². The zero-order valence-corrected chi connectivity index (χ0v) is 17.7. The molecule has 0 bridgehead atoms. The number of aromatic nitrogens is 3. The van der Waals surface area contributed by atoms with Gasteiger partial charge in [-0.3, -0.25) is 5.32 Å². The Kier molecular flexibility index (Phi) is 6.73. The van der Waals surface area contributed by atoms with Crippen molar-refractivity contribution >= 4 is 17.9 Å². The Morgan fingerprint density at radius 3 is 2.74 bits per heavy atom. The minimum absolute atomic E-state index is 0.0280. The van der Waals surface area contributed by atoms with Gasteiger partial charge >= 0.3 is 12.2 Å². The van der Waals surface area contributed by atoms with Gasteiger partial charge in [-0.15, -0.1) is 5.10 Å². The van der Waals surface area contributed by atoms with Gasteiger partial charge in [0, 0.05) is 25.0 Å². The molecule has 4 rings (SSSR count). The van der Waals surface area contributed by atoms with E-state index in [1.807, 2.05) is 0 Å². The number of ether oxygens (including phenoxy) is 1. The minimum atomic E-state index is -4.47. The summed E-state index contributed by atoms with van der Waals surface area (Å²) in [5.74, 6) is 0.736. The first kappa shape index (κ1) is 23.2. The number of anilines is 1. The van der Waals surface area contributed by atoms with Gasteiger partial charge in [0.2, 0.25) is 5.88 Å². The maximum absolute atomic E-state index is 12.7. The Morgan fingerprint density at radius 1 is 1.21 bits per heavy atom. The van der Waals surface area contributed by atoms with Crippen LogP contribution in [-0.4, -0.2) is 50.4 Å². The molecule has 1 aliphatic heterocycles. The second-order valence-electron chi connectivity index (χ2n) is 7.53. The molecule has 0 spiro atoms. The quantitative estimate of drug-likeness (QED) is 0.586. The van der Waals surface area contributed by atoms with Crippen molar-refractivity contribution in [2.75, 3.05) is 18.4 Å². The predicted octanol–water partition coefficient (Wildman–Crippen LogP) is 4.36. The van der Waals surface area contributed by atoms with E-state index < -0.39 is 17.8 Å². The second-order valence-corrected chi connectivity index (χ2v) is 7.53. The monoisotopic (exact) mass is 471 g/mol. The summed E-state index contributed by atoms with van der Waals surface area (Å²) in [5.41, 5.74) is 0.619. The molecular formula is C23H20F3N5O3. The number of nitrogens with one attached hydrogen (secondary N) is 1. The van der Waals surface area contributed by atoms with Gasteiger partial charge < -0.3 is 14.7 Å². The first-order valence-corrected chi connectivity index (χ1v) is 10.3. The Labute approximate surface area is 192 Å². The van der Waals surface area contributed by atoms with E-state index in [0.717, 1.165) is 23.3 Å². The fraction of sp³-hybridized carbons (Fsp3) is 0.217. The van der Waals surface area contributed by atoms with Crippen molar-refractivity contribution in [3.63, 3.8) is 0 Å². The lowest BCUT2D eigenvalue weighted by Gasteiger charge is -2.32. The highest BCUT2D eigenvalue weighted by Crippen LogP contribution is 2.30. The van der Waals surface area contributed by atoms with Crippen LogP contribution in [0.2, 0.25) is 0 Å². The molecular weight excluding hydrogens is 451 g/mol. The number of hydrogen-bond donors (Lipinski definition) is 2. The number of hydrogen-bond acceptors (Lipinski definition) is 6. The zero-order chi connectivity index (χ0) is 24.1. The number of aliphatic hydroxyl groups is 1. The Balaban J connectivity index is 1.39. The molecule has 3 heterocycles. The number of nitrogens with zero attached hydrogens (tertiary/aromatic N) is 4. The Bertz CT molecular complexity index is 1170. The van der Waals surface area contributed by atoms with E-state index in [1.54, 1.807) is 42.5 Å². The lowest BCUT2D eigenvalue weighted by Crippen LogP contribution is -2.45. The van der Waals surface area contributed by atoms with Crippen LogP contribution in [0.3, 0.4) is 0 Å². The summed E-state index contributed by atoms with van der Waals surface area (Å²) in [6.07, 6.45) is -0.855. The number of piperidine rings is 1. The van der Waals surface area contributed by atoms with Gasteiger partial charge in [-0.1, -0.05) is 18.2 Å². The van der Waals surface area contributed by atoms with Gasteiger partial charge in [0.05, 0.1) is 18.2 Å². The molecule has 1 aliphatic rings. The maximum atomic E-state index is 12.7. The van der Waals surface area contributed by atoms with Gasteiger partial charge in [0.25, 0.3) is 0 Å². The predicted molar refractivity (Wildman–Crippen MR) is 117 cm³/mol. The minimum Gasteiger partial charge on any atom is -0.439 e. The van der Waals surface area contributed by atoms with Crippen molar-refractivity contribution in [3.8, 4) is 11.6 Å². The summed E-state index contributed by atoms with van der Waals surface area (Å²) in [5, 5.41) is 20.7. The number of benzene rings is 1. The van der Waals surface area contributed by atoms with Crippen molar-refractivity contribution in [2.24, 2.45) is 0 Å². The number of aliphatic hydroxyl groups excluding tert-OH is 1. The summed E-state index contributed by atoms with van der Waals surface area (Å²) < 4.78 is 43.6. The van der Waals surface area contributed by atoms with Gasteiger partial charge in [0.1, 0.15) is 5.75 Å². The van der Waals surface area contributed by atoms with Gasteiger partial charge in [0.15, 0.2) is 5.82 Å². The van der Waals surface area contributed by atoms with Crippen LogP contribution in [0.5, 0.6) is 11.6 Å². The van der Waals surface area contributed by atoms with E-state index in [1.165, 1.54) is 11.1 Å². The number of alkyl halides is 3. The van der Waals surface area contributed by atoms with Crippen LogP contribution in [0.4, 0.5) is 23.8 Å². The number of pyridine rings is 1. The average molecular weight is 471 g/mol. The fourth-order valence-electron chi connectivity index (χ4n) is 3.37. The first-order valence-electron chi connectivity index (χ1n) is 10.3. The van der Waals surface area contributed by atoms with Crippen LogP contribution < -0.4 is 10.1 Å². The van der Waals surface area contributed by atoms with Crippen LogP contribution in [0.25, 0.3) is 6.08 Å². The summed E-state index contributed by atoms with van der Waals surface area (Å²) >= 11 is 0. The van der Waals surface area contributed by atoms with Crippen LogP contribution in [0.1, 0.15) is 17.5 Å². The van der Waals surface area contributed by atoms with E-state index in [9.17, 15) is 23.1 Å². The van der Waals surface area contributed by atoms with E-state index in [2.05, 4.69) is 20.5 Å². The molecule has 0 unspecified atom stereocenters. The third-order valence-electron chi connectivity index (χ3n) is 5.08. The second kappa shape index (κ2) is 9.87. The zero-order valence-electron chi connectivity index (χ0n) is 17.7. The van der Waals surface area contributed by atoms with E-state index in [4.69, 9.17) is 4.74 Å². The van der Waals surface area contributed by atoms with Crippen molar-refractivity contribution < 1.29 is 27.8 Å². The number of halogens is 3. The Hall–Kier alpha value is -3.99. The third-order valence-corrected chi connectivity index (χ3v) is 5.08. The number of urea groups is 1. The fourth-order valence-corrected chi connectivity index (χ4v) is 3.37. The Morgan fingerprint density at radius 2 is 2.06 bits per heavy atom. The molecule has 1 fully saturated rings. The average Bonchev–Trinajstić information content (AvgIpc) is 2.81. The molecule has 1 saturated heterocycles. The maximum Gasteiger partial charge on any atom is 0.417 e. The highest BCUT2D eigenvalue weighted by molar-refractivity contribution is 5.88.